The molecule has 1 heterocycles. The molecule has 0 aliphatic carbocycles. The monoisotopic (exact) mass is 433 g/mol. The van der Waals surface area contributed by atoms with Crippen LogP contribution in [0.15, 0.2) is 48.5 Å². The Hall–Kier alpha value is -2.01. The number of amides is 1. The molecular formula is C23H29Cl2N3O. The van der Waals surface area contributed by atoms with Crippen LogP contribution in [-0.2, 0) is 6.54 Å². The van der Waals surface area contributed by atoms with Crippen LogP contribution in [0.1, 0.15) is 31.3 Å². The topological polar surface area (TPSA) is 37.3 Å². The number of fused-ring (bicyclic) bond motifs is 1. The van der Waals surface area contributed by atoms with Gasteiger partial charge in [0.1, 0.15) is 5.69 Å². The summed E-state index contributed by atoms with van der Waals surface area (Å²) in [6.45, 7) is 10.5. The molecular weight excluding hydrogens is 405 g/mol. The lowest BCUT2D eigenvalue weighted by molar-refractivity contribution is 0.0941. The average Bonchev–Trinajstić information content (AvgIpc) is 3.05. The van der Waals surface area contributed by atoms with E-state index in [1.165, 1.54) is 0 Å². The van der Waals surface area contributed by atoms with Crippen molar-refractivity contribution in [1.29, 1.82) is 0 Å². The third-order valence-corrected chi connectivity index (χ3v) is 5.45. The summed E-state index contributed by atoms with van der Waals surface area (Å²) in [4.78, 5) is 15.4. The molecule has 3 aromatic rings. The van der Waals surface area contributed by atoms with E-state index in [0.29, 0.717) is 23.8 Å². The first-order valence-corrected chi connectivity index (χ1v) is 10.4. The number of hydrogen-bond donors (Lipinski definition) is 1. The van der Waals surface area contributed by atoms with Crippen molar-refractivity contribution in [3.05, 3.63) is 59.2 Å². The SMILES string of the molecule is CCN(CC)CCNC(=O)c1c2ccc(Cl)cc2c(-c2ccccc2)n1CC.Cl. The van der Waals surface area contributed by atoms with Crippen LogP contribution in [0, 0.1) is 0 Å². The van der Waals surface area contributed by atoms with Gasteiger partial charge in [0.25, 0.3) is 5.91 Å². The van der Waals surface area contributed by atoms with E-state index in [9.17, 15) is 4.79 Å². The Bertz CT molecular complexity index is 950. The van der Waals surface area contributed by atoms with Crippen LogP contribution in [-0.4, -0.2) is 41.6 Å². The number of likely N-dealkylation sites (N-methyl/N-ethyl adjacent to an activating group) is 1. The van der Waals surface area contributed by atoms with Gasteiger partial charge in [-0.3, -0.25) is 4.79 Å². The summed E-state index contributed by atoms with van der Waals surface area (Å²) in [5.41, 5.74) is 2.82. The maximum absolute atomic E-state index is 13.1. The Morgan fingerprint density at radius 3 is 2.34 bits per heavy atom. The number of aromatic nitrogens is 1. The smallest absolute Gasteiger partial charge is 0.268 e. The van der Waals surface area contributed by atoms with Crippen molar-refractivity contribution in [3.8, 4) is 11.3 Å². The Morgan fingerprint density at radius 2 is 1.72 bits per heavy atom. The normalized spacial score (nSPS) is 10.9. The van der Waals surface area contributed by atoms with Gasteiger partial charge >= 0.3 is 0 Å². The highest BCUT2D eigenvalue weighted by molar-refractivity contribution is 6.31. The number of nitrogens with zero attached hydrogens (tertiary/aromatic N) is 2. The standard InChI is InChI=1S/C23H28ClN3O.ClH/c1-4-26(5-2)15-14-25-23(28)22-19-13-12-18(24)16-20(19)21(27(22)6-3)17-10-8-7-9-11-17;/h7-13,16H,4-6,14-15H2,1-3H3,(H,25,28);1H. The molecule has 156 valence electrons. The van der Waals surface area contributed by atoms with E-state index < -0.39 is 0 Å². The van der Waals surface area contributed by atoms with Crippen LogP contribution in [0.25, 0.3) is 22.0 Å². The van der Waals surface area contributed by atoms with Crippen molar-refractivity contribution in [3.63, 3.8) is 0 Å². The van der Waals surface area contributed by atoms with Gasteiger partial charge in [-0.05, 0) is 37.7 Å². The fourth-order valence-electron chi connectivity index (χ4n) is 3.74. The predicted molar refractivity (Wildman–Crippen MR) is 125 cm³/mol. The van der Waals surface area contributed by atoms with Gasteiger partial charge < -0.3 is 14.8 Å². The second kappa shape index (κ2) is 10.7. The van der Waals surface area contributed by atoms with E-state index in [4.69, 9.17) is 11.6 Å². The number of benzene rings is 2. The van der Waals surface area contributed by atoms with Crippen LogP contribution in [0.4, 0.5) is 0 Å². The zero-order valence-electron chi connectivity index (χ0n) is 17.2. The summed E-state index contributed by atoms with van der Waals surface area (Å²) >= 11 is 6.30. The van der Waals surface area contributed by atoms with Gasteiger partial charge in [-0.25, -0.2) is 0 Å². The third kappa shape index (κ3) is 4.95. The molecule has 1 N–H and O–H groups in total. The number of nitrogens with one attached hydrogen (secondary N) is 1. The van der Waals surface area contributed by atoms with Gasteiger partial charge in [0.15, 0.2) is 0 Å². The minimum absolute atomic E-state index is 0. The lowest BCUT2D eigenvalue weighted by atomic mass is 10.1. The minimum Gasteiger partial charge on any atom is -0.349 e. The third-order valence-electron chi connectivity index (χ3n) is 5.22. The van der Waals surface area contributed by atoms with Crippen molar-refractivity contribution in [2.75, 3.05) is 26.2 Å². The predicted octanol–water partition coefficient (Wildman–Crippen LogP) is 5.48. The summed E-state index contributed by atoms with van der Waals surface area (Å²) in [6.07, 6.45) is 0. The van der Waals surface area contributed by atoms with Gasteiger partial charge in [0.05, 0.1) is 5.69 Å². The lowest BCUT2D eigenvalue weighted by Crippen LogP contribution is -2.35. The van der Waals surface area contributed by atoms with Crippen LogP contribution >= 0.6 is 24.0 Å². The lowest BCUT2D eigenvalue weighted by Gasteiger charge is -2.18. The van der Waals surface area contributed by atoms with E-state index in [2.05, 4.69) is 47.7 Å². The number of carbonyl (C=O) groups is 1. The largest absolute Gasteiger partial charge is 0.349 e. The van der Waals surface area contributed by atoms with E-state index in [-0.39, 0.29) is 18.3 Å². The zero-order chi connectivity index (χ0) is 20.1. The Balaban J connectivity index is 0.00000300. The molecule has 0 saturated carbocycles. The Morgan fingerprint density at radius 1 is 1.03 bits per heavy atom. The van der Waals surface area contributed by atoms with Crippen LogP contribution in [0.2, 0.25) is 5.02 Å². The molecule has 0 spiro atoms. The maximum Gasteiger partial charge on any atom is 0.268 e. The molecule has 0 saturated heterocycles. The summed E-state index contributed by atoms with van der Waals surface area (Å²) in [5.74, 6) is -0.0384. The Labute approximate surface area is 184 Å². The number of carbonyl (C=O) groups excluding carboxylic acids is 1. The van der Waals surface area contributed by atoms with Gasteiger partial charge in [0, 0.05) is 35.4 Å². The number of rotatable bonds is 8. The second-order valence-electron chi connectivity index (χ2n) is 6.78. The van der Waals surface area contributed by atoms with E-state index in [1.54, 1.807) is 0 Å². The molecule has 0 aliphatic heterocycles. The first kappa shape index (κ1) is 23.3. The molecule has 0 bridgehead atoms. The van der Waals surface area contributed by atoms with Crippen LogP contribution in [0.5, 0.6) is 0 Å². The Kier molecular flexibility index (Phi) is 8.57. The van der Waals surface area contributed by atoms with E-state index in [1.807, 2.05) is 36.4 Å². The average molecular weight is 434 g/mol. The highest BCUT2D eigenvalue weighted by Gasteiger charge is 2.22. The summed E-state index contributed by atoms with van der Waals surface area (Å²) in [6, 6.07) is 15.9. The zero-order valence-corrected chi connectivity index (χ0v) is 18.8. The first-order valence-electron chi connectivity index (χ1n) is 9.98. The van der Waals surface area contributed by atoms with Crippen LogP contribution in [0.3, 0.4) is 0 Å². The molecule has 1 amide bonds. The highest BCUT2D eigenvalue weighted by atomic mass is 35.5. The molecule has 0 atom stereocenters. The van der Waals surface area contributed by atoms with Gasteiger partial charge in [-0.2, -0.15) is 0 Å². The molecule has 4 nitrogen and oxygen atoms in total. The quantitative estimate of drug-likeness (QED) is 0.510. The van der Waals surface area contributed by atoms with Crippen molar-refractivity contribution in [2.24, 2.45) is 0 Å². The van der Waals surface area contributed by atoms with Crippen molar-refractivity contribution in [1.82, 2.24) is 14.8 Å². The second-order valence-corrected chi connectivity index (χ2v) is 7.22. The molecule has 1 aromatic heterocycles. The fourth-order valence-corrected chi connectivity index (χ4v) is 3.91. The molecule has 0 unspecified atom stereocenters. The molecule has 0 radical (unpaired) electrons. The van der Waals surface area contributed by atoms with Gasteiger partial charge in [-0.15, -0.1) is 12.4 Å². The summed E-state index contributed by atoms with van der Waals surface area (Å²) in [7, 11) is 0. The highest BCUT2D eigenvalue weighted by Crippen LogP contribution is 2.35. The molecule has 2 aromatic carbocycles. The van der Waals surface area contributed by atoms with Crippen molar-refractivity contribution in [2.45, 2.75) is 27.3 Å². The van der Waals surface area contributed by atoms with Crippen molar-refractivity contribution >= 4 is 40.7 Å². The molecule has 6 heteroatoms. The van der Waals surface area contributed by atoms with E-state index in [0.717, 1.165) is 41.7 Å². The minimum atomic E-state index is -0.0384. The molecule has 0 aliphatic rings. The van der Waals surface area contributed by atoms with Gasteiger partial charge in [-0.1, -0.05) is 61.8 Å². The molecule has 0 fully saturated rings. The maximum atomic E-state index is 13.1. The first-order chi connectivity index (χ1) is 13.6. The number of halogens is 2. The number of hydrogen-bond acceptors (Lipinski definition) is 2. The van der Waals surface area contributed by atoms with Gasteiger partial charge in [0.2, 0.25) is 0 Å². The van der Waals surface area contributed by atoms with Crippen molar-refractivity contribution < 1.29 is 4.79 Å². The summed E-state index contributed by atoms with van der Waals surface area (Å²) in [5, 5.41) is 5.73. The fraction of sp³-hybridized carbons (Fsp3) is 0.348. The van der Waals surface area contributed by atoms with E-state index >= 15 is 0 Å². The summed E-state index contributed by atoms with van der Waals surface area (Å²) < 4.78 is 2.10. The molecule has 29 heavy (non-hydrogen) atoms. The molecule has 3 rings (SSSR count). The van der Waals surface area contributed by atoms with Crippen LogP contribution < -0.4 is 5.32 Å².